The fourth-order valence-corrected chi connectivity index (χ4v) is 5.40. The molecule has 0 aliphatic heterocycles. The van der Waals surface area contributed by atoms with Gasteiger partial charge in [0.25, 0.3) is 5.91 Å². The zero-order valence-electron chi connectivity index (χ0n) is 21.4. The summed E-state index contributed by atoms with van der Waals surface area (Å²) in [5.74, 6) is 1.32. The minimum Gasteiger partial charge on any atom is -0.484 e. The highest BCUT2D eigenvalue weighted by atomic mass is 32.2. The van der Waals surface area contributed by atoms with Gasteiger partial charge in [-0.25, -0.2) is 4.79 Å². The van der Waals surface area contributed by atoms with Crippen molar-refractivity contribution in [3.63, 3.8) is 0 Å². The average Bonchev–Trinajstić information content (AvgIpc) is 2.90. The molecule has 1 aliphatic rings. The van der Waals surface area contributed by atoms with Crippen molar-refractivity contribution >= 4 is 34.5 Å². The number of aryl methyl sites for hydroxylation is 1. The van der Waals surface area contributed by atoms with E-state index in [1.54, 1.807) is 23.9 Å². The van der Waals surface area contributed by atoms with Crippen LogP contribution in [0.5, 0.6) is 5.75 Å². The van der Waals surface area contributed by atoms with E-state index in [1.165, 1.54) is 0 Å². The van der Waals surface area contributed by atoms with Gasteiger partial charge in [0.05, 0.1) is 0 Å². The van der Waals surface area contributed by atoms with Crippen LogP contribution >= 0.6 is 11.8 Å². The summed E-state index contributed by atoms with van der Waals surface area (Å²) in [4.78, 5) is 37.9. The van der Waals surface area contributed by atoms with Crippen LogP contribution in [0.2, 0.25) is 0 Å². The summed E-state index contributed by atoms with van der Waals surface area (Å²) >= 11 is 1.59. The summed E-state index contributed by atoms with van der Waals surface area (Å²) in [6, 6.07) is 14.6. The summed E-state index contributed by atoms with van der Waals surface area (Å²) in [5.41, 5.74) is 3.17. The van der Waals surface area contributed by atoms with Crippen LogP contribution in [0.3, 0.4) is 0 Å². The van der Waals surface area contributed by atoms with Crippen LogP contribution in [-0.4, -0.2) is 36.8 Å². The molecular weight excluding hydrogens is 488 g/mol. The third-order valence-electron chi connectivity index (χ3n) is 6.30. The van der Waals surface area contributed by atoms with Gasteiger partial charge in [0, 0.05) is 35.1 Å². The van der Waals surface area contributed by atoms with Gasteiger partial charge in [0.15, 0.2) is 6.61 Å². The molecule has 0 bridgehead atoms. The molecule has 0 saturated heterocycles. The number of ether oxygens (including phenoxy) is 1. The third-order valence-corrected chi connectivity index (χ3v) is 7.40. The predicted octanol–water partition coefficient (Wildman–Crippen LogP) is 4.24. The van der Waals surface area contributed by atoms with E-state index >= 15 is 0 Å². The fraction of sp³-hybridized carbons (Fsp3) is 0.414. The lowest BCUT2D eigenvalue weighted by atomic mass is 9.91. The van der Waals surface area contributed by atoms with Gasteiger partial charge in [0.2, 0.25) is 5.91 Å². The Balaban J connectivity index is 1.37. The Morgan fingerprint density at radius 1 is 1.05 bits per heavy atom. The first kappa shape index (κ1) is 26.8. The van der Waals surface area contributed by atoms with E-state index in [-0.39, 0.29) is 18.1 Å². The Morgan fingerprint density at radius 2 is 1.81 bits per heavy atom. The van der Waals surface area contributed by atoms with E-state index in [2.05, 4.69) is 10.6 Å². The van der Waals surface area contributed by atoms with Crippen LogP contribution < -0.4 is 21.0 Å². The maximum absolute atomic E-state index is 12.8. The van der Waals surface area contributed by atoms with Crippen molar-refractivity contribution in [3.05, 3.63) is 75.6 Å². The number of hydrogen-bond acceptors (Lipinski definition) is 6. The molecule has 8 heteroatoms. The molecule has 1 heterocycles. The second-order valence-corrected chi connectivity index (χ2v) is 10.8. The van der Waals surface area contributed by atoms with Gasteiger partial charge in [0.1, 0.15) is 17.4 Å². The van der Waals surface area contributed by atoms with Gasteiger partial charge >= 0.3 is 5.63 Å². The highest BCUT2D eigenvalue weighted by molar-refractivity contribution is 7.98. The SMILES string of the molecule is CC(C)CNC(=O)[C@@H](CSCc1ccccc1)NC(=O)COc1ccc2c3c(c(=O)oc2c1)CCCC3. The van der Waals surface area contributed by atoms with E-state index < -0.39 is 11.9 Å². The highest BCUT2D eigenvalue weighted by Crippen LogP contribution is 2.29. The Kier molecular flexibility index (Phi) is 9.28. The topological polar surface area (TPSA) is 97.6 Å². The summed E-state index contributed by atoms with van der Waals surface area (Å²) in [5, 5.41) is 6.64. The van der Waals surface area contributed by atoms with Crippen molar-refractivity contribution in [1.29, 1.82) is 0 Å². The van der Waals surface area contributed by atoms with Crippen LogP contribution in [0.1, 0.15) is 43.4 Å². The molecule has 0 fully saturated rings. The number of carbonyl (C=O) groups excluding carboxylic acids is 2. The number of fused-ring (bicyclic) bond motifs is 3. The molecule has 7 nitrogen and oxygen atoms in total. The van der Waals surface area contributed by atoms with Gasteiger partial charge in [-0.15, -0.1) is 0 Å². The van der Waals surface area contributed by atoms with E-state index in [0.717, 1.165) is 53.5 Å². The minimum absolute atomic E-state index is 0.208. The molecule has 2 N–H and O–H groups in total. The highest BCUT2D eigenvalue weighted by Gasteiger charge is 2.22. The fourth-order valence-electron chi connectivity index (χ4n) is 4.38. The van der Waals surface area contributed by atoms with Crippen LogP contribution in [0.4, 0.5) is 0 Å². The summed E-state index contributed by atoms with van der Waals surface area (Å²) in [7, 11) is 0. The smallest absolute Gasteiger partial charge is 0.339 e. The normalized spacial score (nSPS) is 13.7. The molecule has 1 atom stereocenters. The lowest BCUT2D eigenvalue weighted by Crippen LogP contribution is -2.50. The third kappa shape index (κ3) is 7.38. The standard InChI is InChI=1S/C29H34N2O5S/c1-19(2)15-30-28(33)25(18-37-17-20-8-4-3-5-9-20)31-27(32)16-35-21-12-13-23-22-10-6-7-11-24(22)29(34)36-26(23)14-21/h3-5,8-9,12-14,19,25H,6-7,10-11,15-18H2,1-2H3,(H,30,33)(H,31,32)/t25-/m1/s1. The number of nitrogens with one attached hydrogen (secondary N) is 2. The van der Waals surface area contributed by atoms with Crippen molar-refractivity contribution in [2.75, 3.05) is 18.9 Å². The van der Waals surface area contributed by atoms with Crippen LogP contribution in [0.25, 0.3) is 11.0 Å². The number of benzene rings is 2. The quantitative estimate of drug-likeness (QED) is 0.366. The van der Waals surface area contributed by atoms with Gasteiger partial charge in [-0.1, -0.05) is 44.2 Å². The van der Waals surface area contributed by atoms with Crippen molar-refractivity contribution in [2.45, 2.75) is 51.3 Å². The molecule has 0 unspecified atom stereocenters. The second-order valence-electron chi connectivity index (χ2n) is 9.76. The summed E-state index contributed by atoms with van der Waals surface area (Å²) in [6.07, 6.45) is 3.67. The molecule has 2 aromatic carbocycles. The predicted molar refractivity (Wildman–Crippen MR) is 147 cm³/mol. The number of amides is 2. The van der Waals surface area contributed by atoms with E-state index in [1.807, 2.05) is 50.2 Å². The number of carbonyl (C=O) groups is 2. The first-order valence-corrected chi connectivity index (χ1v) is 14.0. The Morgan fingerprint density at radius 3 is 2.57 bits per heavy atom. The lowest BCUT2D eigenvalue weighted by molar-refractivity contribution is -0.129. The molecule has 0 saturated carbocycles. The molecule has 196 valence electrons. The zero-order chi connectivity index (χ0) is 26.2. The van der Waals surface area contributed by atoms with E-state index in [9.17, 15) is 14.4 Å². The number of rotatable bonds is 11. The maximum atomic E-state index is 12.8. The first-order valence-electron chi connectivity index (χ1n) is 12.8. The van der Waals surface area contributed by atoms with Crippen LogP contribution in [0, 0.1) is 5.92 Å². The van der Waals surface area contributed by atoms with Crippen molar-refractivity contribution in [1.82, 2.24) is 10.6 Å². The molecule has 3 aromatic rings. The van der Waals surface area contributed by atoms with Crippen molar-refractivity contribution in [3.8, 4) is 5.75 Å². The minimum atomic E-state index is -0.676. The summed E-state index contributed by atoms with van der Waals surface area (Å²) in [6.45, 7) is 4.33. The molecule has 37 heavy (non-hydrogen) atoms. The largest absolute Gasteiger partial charge is 0.484 e. The summed E-state index contributed by atoms with van der Waals surface area (Å²) < 4.78 is 11.2. The Labute approximate surface area is 221 Å². The first-order chi connectivity index (χ1) is 17.9. The van der Waals surface area contributed by atoms with Gasteiger partial charge in [-0.2, -0.15) is 11.8 Å². The molecular formula is C29H34N2O5S. The number of thioether (sulfide) groups is 1. The van der Waals surface area contributed by atoms with Crippen LogP contribution in [0.15, 0.2) is 57.7 Å². The molecule has 0 spiro atoms. The van der Waals surface area contributed by atoms with Crippen molar-refractivity contribution < 1.29 is 18.7 Å². The molecule has 1 aromatic heterocycles. The Bertz CT molecular complexity index is 1290. The lowest BCUT2D eigenvalue weighted by Gasteiger charge is -2.19. The van der Waals surface area contributed by atoms with Gasteiger partial charge in [-0.3, -0.25) is 9.59 Å². The van der Waals surface area contributed by atoms with Crippen LogP contribution in [-0.2, 0) is 28.2 Å². The molecule has 1 aliphatic carbocycles. The van der Waals surface area contributed by atoms with E-state index in [4.69, 9.17) is 9.15 Å². The molecule has 0 radical (unpaired) electrons. The number of hydrogen-bond donors (Lipinski definition) is 2. The molecule has 2 amide bonds. The second kappa shape index (κ2) is 12.8. The monoisotopic (exact) mass is 522 g/mol. The zero-order valence-corrected chi connectivity index (χ0v) is 22.2. The van der Waals surface area contributed by atoms with Crippen molar-refractivity contribution in [2.24, 2.45) is 5.92 Å². The van der Waals surface area contributed by atoms with Gasteiger partial charge < -0.3 is 19.8 Å². The maximum Gasteiger partial charge on any atom is 0.339 e. The van der Waals surface area contributed by atoms with E-state index in [0.29, 0.717) is 29.5 Å². The molecule has 4 rings (SSSR count). The average molecular weight is 523 g/mol. The Hall–Kier alpha value is -3.26. The van der Waals surface area contributed by atoms with Gasteiger partial charge in [-0.05, 0) is 54.9 Å².